The zero-order valence-corrected chi connectivity index (χ0v) is 19.2. The topological polar surface area (TPSA) is 84.5 Å². The van der Waals surface area contributed by atoms with Crippen LogP contribution < -0.4 is 14.8 Å². The lowest BCUT2D eigenvalue weighted by atomic mass is 10.1. The minimum Gasteiger partial charge on any atom is -0.494 e. The number of carbonyl (C=O) groups excluding carboxylic acids is 1. The van der Waals surface area contributed by atoms with Crippen LogP contribution in [0, 0.1) is 0 Å². The number of halogens is 1. The summed E-state index contributed by atoms with van der Waals surface area (Å²) in [6.45, 7) is 2.52. The van der Waals surface area contributed by atoms with Crippen LogP contribution in [0.4, 0.5) is 0 Å². The van der Waals surface area contributed by atoms with Gasteiger partial charge in [-0.3, -0.25) is 4.79 Å². The molecule has 3 rings (SSSR count). The molecule has 32 heavy (non-hydrogen) atoms. The van der Waals surface area contributed by atoms with Crippen LogP contribution in [0.5, 0.6) is 5.75 Å². The number of hydrogen-bond donors (Lipinski definition) is 2. The van der Waals surface area contributed by atoms with Crippen LogP contribution >= 0.6 is 11.6 Å². The van der Waals surface area contributed by atoms with Crippen LogP contribution in [0.1, 0.15) is 18.1 Å². The maximum Gasteiger partial charge on any atom is 0.241 e. The highest BCUT2D eigenvalue weighted by atomic mass is 35.5. The number of carbonyl (C=O) groups is 1. The van der Waals surface area contributed by atoms with Gasteiger partial charge in [-0.1, -0.05) is 60.1 Å². The molecule has 0 aliphatic heterocycles. The van der Waals surface area contributed by atoms with Crippen LogP contribution in [0.2, 0.25) is 5.02 Å². The first-order chi connectivity index (χ1) is 15.4. The molecule has 0 aliphatic carbocycles. The molecule has 168 valence electrons. The predicted octanol–water partition coefficient (Wildman–Crippen LogP) is 3.94. The molecule has 0 aromatic heterocycles. The van der Waals surface area contributed by atoms with E-state index in [2.05, 4.69) is 10.0 Å². The molecule has 3 aromatic carbocycles. The van der Waals surface area contributed by atoms with E-state index in [9.17, 15) is 13.2 Å². The summed E-state index contributed by atoms with van der Waals surface area (Å²) in [6.07, 6.45) is 0.200. The lowest BCUT2D eigenvalue weighted by molar-refractivity contribution is -0.122. The summed E-state index contributed by atoms with van der Waals surface area (Å²) in [7, 11) is -3.94. The molecule has 0 heterocycles. The van der Waals surface area contributed by atoms with E-state index in [-0.39, 0.29) is 17.9 Å². The first-order valence-electron chi connectivity index (χ1n) is 10.2. The number of ether oxygens (including phenoxy) is 1. The maximum absolute atomic E-state index is 13.0. The summed E-state index contributed by atoms with van der Waals surface area (Å²) in [6, 6.07) is 21.5. The van der Waals surface area contributed by atoms with Crippen molar-refractivity contribution >= 4 is 27.5 Å². The third kappa shape index (κ3) is 6.56. The number of amides is 1. The van der Waals surface area contributed by atoms with Crippen LogP contribution in [0.25, 0.3) is 0 Å². The average Bonchev–Trinajstić information content (AvgIpc) is 2.79. The Morgan fingerprint density at radius 3 is 2.28 bits per heavy atom. The van der Waals surface area contributed by atoms with Crippen LogP contribution in [0.15, 0.2) is 83.8 Å². The molecule has 0 aliphatic rings. The van der Waals surface area contributed by atoms with Gasteiger partial charge in [-0.05, 0) is 54.8 Å². The Hall–Kier alpha value is -2.87. The van der Waals surface area contributed by atoms with Gasteiger partial charge < -0.3 is 10.1 Å². The quantitative estimate of drug-likeness (QED) is 0.468. The summed E-state index contributed by atoms with van der Waals surface area (Å²) in [5.74, 6) is 0.132. The molecule has 0 unspecified atom stereocenters. The fourth-order valence-corrected chi connectivity index (χ4v) is 4.52. The Kier molecular flexibility index (Phi) is 8.27. The maximum atomic E-state index is 13.0. The molecular weight excluding hydrogens is 448 g/mol. The molecular formula is C24H25ClN2O4S. The van der Waals surface area contributed by atoms with Gasteiger partial charge in [0.1, 0.15) is 11.8 Å². The number of hydrogen-bond acceptors (Lipinski definition) is 4. The van der Waals surface area contributed by atoms with Gasteiger partial charge in [0.05, 0.1) is 11.5 Å². The Morgan fingerprint density at radius 2 is 1.62 bits per heavy atom. The van der Waals surface area contributed by atoms with Crippen LogP contribution in [-0.4, -0.2) is 27.0 Å². The van der Waals surface area contributed by atoms with Crippen molar-refractivity contribution in [3.05, 3.63) is 95.0 Å². The third-order valence-electron chi connectivity index (χ3n) is 4.75. The summed E-state index contributed by atoms with van der Waals surface area (Å²) in [4.78, 5) is 13.0. The molecule has 3 aromatic rings. The third-order valence-corrected chi connectivity index (χ3v) is 6.61. The molecule has 0 spiro atoms. The highest BCUT2D eigenvalue weighted by Gasteiger charge is 2.26. The van der Waals surface area contributed by atoms with E-state index in [1.807, 2.05) is 43.3 Å². The normalized spacial score (nSPS) is 12.2. The summed E-state index contributed by atoms with van der Waals surface area (Å²) < 4.78 is 33.9. The van der Waals surface area contributed by atoms with Crippen molar-refractivity contribution < 1.29 is 17.9 Å². The predicted molar refractivity (Wildman–Crippen MR) is 125 cm³/mol. The van der Waals surface area contributed by atoms with Gasteiger partial charge in [0.2, 0.25) is 15.9 Å². The molecule has 0 saturated heterocycles. The Bertz CT molecular complexity index is 1140. The Balaban J connectivity index is 1.78. The second kappa shape index (κ2) is 11.1. The van der Waals surface area contributed by atoms with Gasteiger partial charge in [-0.15, -0.1) is 0 Å². The molecule has 0 bridgehead atoms. The van der Waals surface area contributed by atoms with Crippen molar-refractivity contribution in [3.63, 3.8) is 0 Å². The lowest BCUT2D eigenvalue weighted by Crippen LogP contribution is -2.47. The number of rotatable bonds is 10. The highest BCUT2D eigenvalue weighted by Crippen LogP contribution is 2.18. The van der Waals surface area contributed by atoms with E-state index in [0.717, 1.165) is 11.1 Å². The second-order valence-electron chi connectivity index (χ2n) is 7.08. The summed E-state index contributed by atoms with van der Waals surface area (Å²) >= 11 is 6.17. The average molecular weight is 473 g/mol. The van der Waals surface area contributed by atoms with Crippen molar-refractivity contribution in [2.24, 2.45) is 0 Å². The summed E-state index contributed by atoms with van der Waals surface area (Å²) in [5.41, 5.74) is 1.58. The van der Waals surface area contributed by atoms with E-state index in [0.29, 0.717) is 17.4 Å². The SMILES string of the molecule is CCOc1ccc(S(=O)(=O)N[C@H](Cc2ccccc2)C(=O)NCc2ccccc2Cl)cc1. The van der Waals surface area contributed by atoms with E-state index < -0.39 is 22.0 Å². The van der Waals surface area contributed by atoms with E-state index in [4.69, 9.17) is 16.3 Å². The molecule has 1 amide bonds. The van der Waals surface area contributed by atoms with Gasteiger partial charge in [0, 0.05) is 11.6 Å². The first kappa shape index (κ1) is 23.8. The highest BCUT2D eigenvalue weighted by molar-refractivity contribution is 7.89. The number of sulfonamides is 1. The zero-order valence-electron chi connectivity index (χ0n) is 17.6. The molecule has 0 fully saturated rings. The van der Waals surface area contributed by atoms with Gasteiger partial charge in [0.15, 0.2) is 0 Å². The van der Waals surface area contributed by atoms with E-state index in [1.54, 1.807) is 30.3 Å². The van der Waals surface area contributed by atoms with Gasteiger partial charge >= 0.3 is 0 Å². The molecule has 6 nitrogen and oxygen atoms in total. The minimum atomic E-state index is -3.94. The second-order valence-corrected chi connectivity index (χ2v) is 9.20. The van der Waals surface area contributed by atoms with E-state index in [1.165, 1.54) is 12.1 Å². The minimum absolute atomic E-state index is 0.0536. The van der Waals surface area contributed by atoms with Crippen LogP contribution in [0.3, 0.4) is 0 Å². The molecule has 0 saturated carbocycles. The molecule has 0 radical (unpaired) electrons. The van der Waals surface area contributed by atoms with Crippen LogP contribution in [-0.2, 0) is 27.8 Å². The monoisotopic (exact) mass is 472 g/mol. The van der Waals surface area contributed by atoms with Gasteiger partial charge in [-0.2, -0.15) is 4.72 Å². The smallest absolute Gasteiger partial charge is 0.241 e. The fraction of sp³-hybridized carbons (Fsp3) is 0.208. The fourth-order valence-electron chi connectivity index (χ4n) is 3.12. The number of benzene rings is 3. The van der Waals surface area contributed by atoms with Crippen molar-refractivity contribution in [2.75, 3.05) is 6.61 Å². The zero-order chi connectivity index (χ0) is 23.0. The molecule has 1 atom stereocenters. The Morgan fingerprint density at radius 1 is 0.969 bits per heavy atom. The van der Waals surface area contributed by atoms with Crippen molar-refractivity contribution in [1.29, 1.82) is 0 Å². The van der Waals surface area contributed by atoms with Gasteiger partial charge in [-0.25, -0.2) is 8.42 Å². The molecule has 8 heteroatoms. The Labute approximate surface area is 193 Å². The largest absolute Gasteiger partial charge is 0.494 e. The van der Waals surface area contributed by atoms with Gasteiger partial charge in [0.25, 0.3) is 0 Å². The van der Waals surface area contributed by atoms with Crippen molar-refractivity contribution in [3.8, 4) is 5.75 Å². The molecule has 2 N–H and O–H groups in total. The van der Waals surface area contributed by atoms with E-state index >= 15 is 0 Å². The lowest BCUT2D eigenvalue weighted by Gasteiger charge is -2.19. The standard InChI is InChI=1S/C24H25ClN2O4S/c1-2-31-20-12-14-21(15-13-20)32(29,30)27-23(16-18-8-4-3-5-9-18)24(28)26-17-19-10-6-7-11-22(19)25/h3-15,23,27H,2,16-17H2,1H3,(H,26,28)/t23-/m1/s1. The van der Waals surface area contributed by atoms with Crippen molar-refractivity contribution in [1.82, 2.24) is 10.0 Å². The number of nitrogens with one attached hydrogen (secondary N) is 2. The first-order valence-corrected chi connectivity index (χ1v) is 12.1. The summed E-state index contributed by atoms with van der Waals surface area (Å²) in [5, 5.41) is 3.32. The van der Waals surface area contributed by atoms with Crippen molar-refractivity contribution in [2.45, 2.75) is 30.8 Å².